The van der Waals surface area contributed by atoms with E-state index < -0.39 is 5.41 Å². The molecule has 2 aliphatic carbocycles. The number of para-hydroxylation sites is 1. The van der Waals surface area contributed by atoms with Crippen LogP contribution in [0.1, 0.15) is 59.7 Å². The molecule has 0 amide bonds. The fourth-order valence-corrected chi connectivity index (χ4v) is 12.9. The Morgan fingerprint density at radius 1 is 0.380 bits per heavy atom. The summed E-state index contributed by atoms with van der Waals surface area (Å²) in [7, 11) is 0. The van der Waals surface area contributed by atoms with Gasteiger partial charge in [0.25, 0.3) is 0 Å². The van der Waals surface area contributed by atoms with Crippen LogP contribution in [0.15, 0.2) is 310 Å². The third-order valence-electron chi connectivity index (χ3n) is 16.5. The van der Waals surface area contributed by atoms with Crippen LogP contribution in [0.25, 0.3) is 50.1 Å². The number of fused-ring (bicyclic) bond motifs is 6. The number of allylic oxidation sites excluding steroid dienone is 4. The van der Waals surface area contributed by atoms with Crippen LogP contribution < -0.4 is 9.80 Å². The number of hydrogen-bond acceptors (Lipinski definition) is 2. The van der Waals surface area contributed by atoms with Gasteiger partial charge in [0.15, 0.2) is 0 Å². The summed E-state index contributed by atoms with van der Waals surface area (Å²) < 4.78 is 0. The Balaban J connectivity index is 0.994. The Morgan fingerprint density at radius 2 is 0.861 bits per heavy atom. The second kappa shape index (κ2) is 20.3. The SMILES string of the molecule is C=C/C=C(\C(=C/C)c1ccccc1)N(c1ccc(-c2ccccc2)cc1)c1ccc2c(c1)C(c1ccccc1)(c1ccccc1)c1cccc(-c3ccc(N(c4ccccc4)c4ccc5c(c4)C(C)(C)c4ccccc4-5)cc3)c1-2. The maximum atomic E-state index is 4.30. The highest BCUT2D eigenvalue weighted by molar-refractivity contribution is 5.98. The maximum Gasteiger partial charge on any atom is 0.0714 e. The van der Waals surface area contributed by atoms with Crippen molar-refractivity contribution in [3.63, 3.8) is 0 Å². The molecular weight excluding hydrogens is 953 g/mol. The highest BCUT2D eigenvalue weighted by Crippen LogP contribution is 2.60. The van der Waals surface area contributed by atoms with E-state index in [0.29, 0.717) is 0 Å². The lowest BCUT2D eigenvalue weighted by molar-refractivity contribution is 0.660. The van der Waals surface area contributed by atoms with Crippen molar-refractivity contribution in [2.75, 3.05) is 9.80 Å². The van der Waals surface area contributed by atoms with Gasteiger partial charge in [-0.2, -0.15) is 0 Å². The monoisotopic (exact) mass is 1010 g/mol. The van der Waals surface area contributed by atoms with Crippen molar-refractivity contribution in [3.05, 3.63) is 349 Å². The molecule has 11 aromatic carbocycles. The summed E-state index contributed by atoms with van der Waals surface area (Å²) >= 11 is 0. The molecular formula is C77H60N2. The topological polar surface area (TPSA) is 6.48 Å². The van der Waals surface area contributed by atoms with E-state index in [1.807, 2.05) is 6.08 Å². The van der Waals surface area contributed by atoms with E-state index in [1.165, 1.54) is 66.8 Å². The zero-order valence-corrected chi connectivity index (χ0v) is 44.9. The maximum absolute atomic E-state index is 4.30. The number of hydrogen-bond donors (Lipinski definition) is 0. The fraction of sp³-hybridized carbons (Fsp3) is 0.0649. The van der Waals surface area contributed by atoms with E-state index >= 15 is 0 Å². The van der Waals surface area contributed by atoms with Crippen LogP contribution in [-0.4, -0.2) is 0 Å². The van der Waals surface area contributed by atoms with E-state index in [2.05, 4.69) is 328 Å². The summed E-state index contributed by atoms with van der Waals surface area (Å²) in [6.07, 6.45) is 6.29. The van der Waals surface area contributed by atoms with E-state index in [9.17, 15) is 0 Å². The van der Waals surface area contributed by atoms with Gasteiger partial charge < -0.3 is 9.80 Å². The van der Waals surface area contributed by atoms with Gasteiger partial charge in [0.2, 0.25) is 0 Å². The molecule has 0 unspecified atom stereocenters. The largest absolute Gasteiger partial charge is 0.310 e. The Kier molecular flexibility index (Phi) is 12.6. The molecule has 11 aromatic rings. The molecule has 0 atom stereocenters. The number of rotatable bonds is 13. The molecule has 0 bridgehead atoms. The molecule has 79 heavy (non-hydrogen) atoms. The number of anilines is 5. The number of nitrogens with zero attached hydrogens (tertiary/aromatic N) is 2. The van der Waals surface area contributed by atoms with Gasteiger partial charge in [0, 0.05) is 39.4 Å². The van der Waals surface area contributed by atoms with Crippen LogP contribution >= 0.6 is 0 Å². The molecule has 0 heterocycles. The highest BCUT2D eigenvalue weighted by Gasteiger charge is 2.47. The summed E-state index contributed by atoms with van der Waals surface area (Å²) in [6, 6.07) is 103. The van der Waals surface area contributed by atoms with Crippen molar-refractivity contribution < 1.29 is 0 Å². The van der Waals surface area contributed by atoms with E-state index in [0.717, 1.165) is 56.4 Å². The minimum absolute atomic E-state index is 0.123. The average Bonchev–Trinajstić information content (AvgIpc) is 3.10. The van der Waals surface area contributed by atoms with Gasteiger partial charge in [-0.3, -0.25) is 0 Å². The summed E-state index contributed by atoms with van der Waals surface area (Å²) in [5.41, 5.74) is 25.3. The van der Waals surface area contributed by atoms with Gasteiger partial charge in [-0.05, 0) is 157 Å². The van der Waals surface area contributed by atoms with Crippen molar-refractivity contribution in [3.8, 4) is 44.5 Å². The minimum atomic E-state index is -0.668. The van der Waals surface area contributed by atoms with Crippen molar-refractivity contribution in [1.29, 1.82) is 0 Å². The predicted octanol–water partition coefficient (Wildman–Crippen LogP) is 20.5. The van der Waals surface area contributed by atoms with Gasteiger partial charge in [-0.15, -0.1) is 0 Å². The second-order valence-electron chi connectivity index (χ2n) is 21.2. The molecule has 0 aliphatic heterocycles. The third kappa shape index (κ3) is 8.27. The molecule has 0 radical (unpaired) electrons. The van der Waals surface area contributed by atoms with Crippen molar-refractivity contribution in [1.82, 2.24) is 0 Å². The fourth-order valence-electron chi connectivity index (χ4n) is 12.9. The molecule has 0 aromatic heterocycles. The molecule has 2 aliphatic rings. The van der Waals surface area contributed by atoms with Gasteiger partial charge in [-0.1, -0.05) is 251 Å². The van der Waals surface area contributed by atoms with Gasteiger partial charge in [0.1, 0.15) is 0 Å². The lowest BCUT2D eigenvalue weighted by atomic mass is 9.67. The lowest BCUT2D eigenvalue weighted by Gasteiger charge is -2.35. The molecule has 2 nitrogen and oxygen atoms in total. The van der Waals surface area contributed by atoms with Gasteiger partial charge in [-0.25, -0.2) is 0 Å². The Labute approximate surface area is 465 Å². The predicted molar refractivity (Wildman–Crippen MR) is 334 cm³/mol. The molecule has 0 saturated carbocycles. The first kappa shape index (κ1) is 48.9. The van der Waals surface area contributed by atoms with Crippen molar-refractivity contribution in [2.45, 2.75) is 31.6 Å². The van der Waals surface area contributed by atoms with Crippen molar-refractivity contribution in [2.24, 2.45) is 0 Å². The van der Waals surface area contributed by atoms with Crippen LogP contribution in [0.4, 0.5) is 28.4 Å². The standard InChI is InChI=1S/C77H60N2/c1-5-25-74(65(6-2)56-28-14-8-15-29-56)79(62-44-40-55(41-45-62)54-26-12-7-13-27-54)64-49-51-69-73(53-64)77(58-30-16-9-17-31-58,59-32-18-10-19-33-59)71-39-24-37-66(75(69)71)57-42-46-61(47-43-57)78(60-34-20-11-21-35-60)63-48-50-68-67-36-22-23-38-70(67)76(3,4)72(68)52-63/h5-53H,1H2,2-4H3/b65-6-,74-25+. The zero-order chi connectivity index (χ0) is 53.5. The summed E-state index contributed by atoms with van der Waals surface area (Å²) in [5, 5.41) is 0. The first-order valence-corrected chi connectivity index (χ1v) is 27.5. The molecule has 0 fully saturated rings. The summed E-state index contributed by atoms with van der Waals surface area (Å²) in [6.45, 7) is 11.1. The van der Waals surface area contributed by atoms with Crippen LogP contribution in [-0.2, 0) is 10.8 Å². The Bertz CT molecular complexity index is 4040. The third-order valence-corrected chi connectivity index (χ3v) is 16.5. The van der Waals surface area contributed by atoms with Crippen LogP contribution in [0.2, 0.25) is 0 Å². The van der Waals surface area contributed by atoms with Crippen LogP contribution in [0, 0.1) is 0 Å². The Morgan fingerprint density at radius 3 is 1.52 bits per heavy atom. The second-order valence-corrected chi connectivity index (χ2v) is 21.2. The minimum Gasteiger partial charge on any atom is -0.310 e. The molecule has 0 N–H and O–H groups in total. The molecule has 0 saturated heterocycles. The Hall–Kier alpha value is -9.76. The zero-order valence-electron chi connectivity index (χ0n) is 44.9. The summed E-state index contributed by atoms with van der Waals surface area (Å²) in [5.74, 6) is 0. The molecule has 0 spiro atoms. The highest BCUT2D eigenvalue weighted by atomic mass is 15.2. The van der Waals surface area contributed by atoms with Crippen LogP contribution in [0.5, 0.6) is 0 Å². The molecule has 2 heteroatoms. The quantitative estimate of drug-likeness (QED) is 0.106. The van der Waals surface area contributed by atoms with Gasteiger partial charge in [0.05, 0.1) is 11.1 Å². The van der Waals surface area contributed by atoms with E-state index in [1.54, 1.807) is 0 Å². The first-order chi connectivity index (χ1) is 38.9. The molecule has 378 valence electrons. The van der Waals surface area contributed by atoms with Crippen molar-refractivity contribution >= 4 is 34.0 Å². The number of benzene rings is 11. The van der Waals surface area contributed by atoms with E-state index in [4.69, 9.17) is 0 Å². The average molecular weight is 1010 g/mol. The molecule has 13 rings (SSSR count). The first-order valence-electron chi connectivity index (χ1n) is 27.5. The smallest absolute Gasteiger partial charge is 0.0714 e. The van der Waals surface area contributed by atoms with E-state index in [-0.39, 0.29) is 5.41 Å². The van der Waals surface area contributed by atoms with Crippen LogP contribution in [0.3, 0.4) is 0 Å². The van der Waals surface area contributed by atoms with Gasteiger partial charge >= 0.3 is 0 Å². The lowest BCUT2D eigenvalue weighted by Crippen LogP contribution is -2.29. The normalized spacial score (nSPS) is 13.7. The summed E-state index contributed by atoms with van der Waals surface area (Å²) in [4.78, 5) is 4.82.